The zero-order valence-corrected chi connectivity index (χ0v) is 14.0. The van der Waals surface area contributed by atoms with Crippen LogP contribution in [0.4, 0.5) is 0 Å². The number of carbonyl (C=O) groups excluding carboxylic acids is 1. The van der Waals surface area contributed by atoms with Crippen molar-refractivity contribution < 1.29 is 14.3 Å². The third-order valence-corrected chi connectivity index (χ3v) is 4.87. The molecule has 3 atom stereocenters. The molecule has 7 nitrogen and oxygen atoms in total. The van der Waals surface area contributed by atoms with Crippen molar-refractivity contribution in [3.63, 3.8) is 0 Å². The summed E-state index contributed by atoms with van der Waals surface area (Å²) in [7, 11) is 0. The second-order valence-corrected chi connectivity index (χ2v) is 6.89. The summed E-state index contributed by atoms with van der Waals surface area (Å²) in [5, 5.41) is 0.760. The lowest BCUT2D eigenvalue weighted by molar-refractivity contribution is -0.189. The topological polar surface area (TPSA) is 80.3 Å². The average molecular weight is 330 g/mol. The molecule has 4 heterocycles. The van der Waals surface area contributed by atoms with E-state index < -0.39 is 0 Å². The molecule has 0 aromatic carbocycles. The standard InChI is InChI=1S/C17H22N4O3/c1-11-7-17(4-6-23-11)9-21(8-12(2)24-17)16(22)14-13-3-5-18-15(13)20-10-19-14/h3,5,10-12H,4,6-9H2,1-2H3,(H,18,19,20). The van der Waals surface area contributed by atoms with Crippen LogP contribution in [0.3, 0.4) is 0 Å². The van der Waals surface area contributed by atoms with Gasteiger partial charge in [0.05, 0.1) is 29.7 Å². The fraction of sp³-hybridized carbons (Fsp3) is 0.588. The van der Waals surface area contributed by atoms with E-state index in [-0.39, 0.29) is 23.7 Å². The molecule has 2 aliphatic rings. The molecule has 24 heavy (non-hydrogen) atoms. The third kappa shape index (κ3) is 2.67. The van der Waals surface area contributed by atoms with Gasteiger partial charge in [-0.2, -0.15) is 0 Å². The van der Waals surface area contributed by atoms with Crippen LogP contribution in [-0.4, -0.2) is 63.3 Å². The molecular formula is C17H22N4O3. The highest BCUT2D eigenvalue weighted by Gasteiger charge is 2.44. The van der Waals surface area contributed by atoms with E-state index in [1.165, 1.54) is 6.33 Å². The van der Waals surface area contributed by atoms with Gasteiger partial charge in [0.1, 0.15) is 17.7 Å². The molecule has 1 N–H and O–H groups in total. The molecule has 0 bridgehead atoms. The molecule has 2 fully saturated rings. The maximum absolute atomic E-state index is 13.1. The number of aromatic amines is 1. The summed E-state index contributed by atoms with van der Waals surface area (Å²) >= 11 is 0. The van der Waals surface area contributed by atoms with Crippen LogP contribution in [0.1, 0.15) is 37.2 Å². The van der Waals surface area contributed by atoms with Gasteiger partial charge in [-0.05, 0) is 19.9 Å². The number of hydrogen-bond acceptors (Lipinski definition) is 5. The Balaban J connectivity index is 1.63. The van der Waals surface area contributed by atoms with Crippen LogP contribution in [0.25, 0.3) is 11.0 Å². The van der Waals surface area contributed by atoms with Crippen molar-refractivity contribution in [3.8, 4) is 0 Å². The Morgan fingerprint density at radius 1 is 1.38 bits per heavy atom. The number of amides is 1. The van der Waals surface area contributed by atoms with Crippen molar-refractivity contribution >= 4 is 16.9 Å². The van der Waals surface area contributed by atoms with Crippen molar-refractivity contribution in [1.29, 1.82) is 0 Å². The molecule has 7 heteroatoms. The highest BCUT2D eigenvalue weighted by atomic mass is 16.5. The third-order valence-electron chi connectivity index (χ3n) is 4.87. The maximum atomic E-state index is 13.1. The summed E-state index contributed by atoms with van der Waals surface area (Å²) in [6.45, 7) is 5.91. The van der Waals surface area contributed by atoms with Gasteiger partial charge in [0.15, 0.2) is 0 Å². The molecule has 1 amide bonds. The van der Waals surface area contributed by atoms with Crippen LogP contribution < -0.4 is 0 Å². The van der Waals surface area contributed by atoms with Gasteiger partial charge >= 0.3 is 0 Å². The van der Waals surface area contributed by atoms with Gasteiger partial charge in [-0.25, -0.2) is 9.97 Å². The lowest BCUT2D eigenvalue weighted by atomic mass is 9.88. The molecule has 2 aromatic heterocycles. The van der Waals surface area contributed by atoms with Crippen molar-refractivity contribution in [3.05, 3.63) is 24.3 Å². The molecule has 2 aromatic rings. The molecule has 0 aliphatic carbocycles. The maximum Gasteiger partial charge on any atom is 0.273 e. The predicted octanol–water partition coefficient (Wildman–Crippen LogP) is 1.76. The summed E-state index contributed by atoms with van der Waals surface area (Å²) in [6.07, 6.45) is 4.98. The van der Waals surface area contributed by atoms with Crippen LogP contribution >= 0.6 is 0 Å². The Bertz CT molecular complexity index is 757. The Morgan fingerprint density at radius 2 is 2.25 bits per heavy atom. The van der Waals surface area contributed by atoms with Gasteiger partial charge in [-0.15, -0.1) is 0 Å². The van der Waals surface area contributed by atoms with E-state index in [9.17, 15) is 4.79 Å². The Kier molecular flexibility index (Phi) is 3.77. The predicted molar refractivity (Wildman–Crippen MR) is 87.7 cm³/mol. The first-order valence-corrected chi connectivity index (χ1v) is 8.43. The zero-order chi connectivity index (χ0) is 16.7. The molecule has 3 unspecified atom stereocenters. The van der Waals surface area contributed by atoms with E-state index in [1.54, 1.807) is 6.20 Å². The fourth-order valence-corrected chi connectivity index (χ4v) is 3.95. The minimum absolute atomic E-state index is 0.00319. The first-order chi connectivity index (χ1) is 11.6. The molecule has 0 saturated carbocycles. The van der Waals surface area contributed by atoms with E-state index in [2.05, 4.69) is 21.9 Å². The first-order valence-electron chi connectivity index (χ1n) is 8.43. The number of rotatable bonds is 1. The van der Waals surface area contributed by atoms with Crippen molar-refractivity contribution in [2.24, 2.45) is 0 Å². The lowest BCUT2D eigenvalue weighted by Crippen LogP contribution is -2.59. The summed E-state index contributed by atoms with van der Waals surface area (Å²) in [5.74, 6) is -0.0596. The number of ether oxygens (including phenoxy) is 2. The number of morpholine rings is 1. The molecule has 4 rings (SSSR count). The van der Waals surface area contributed by atoms with Crippen LogP contribution in [0.2, 0.25) is 0 Å². The van der Waals surface area contributed by atoms with Gasteiger partial charge < -0.3 is 19.4 Å². The second-order valence-electron chi connectivity index (χ2n) is 6.89. The van der Waals surface area contributed by atoms with E-state index in [0.29, 0.717) is 31.0 Å². The van der Waals surface area contributed by atoms with Gasteiger partial charge in [-0.1, -0.05) is 0 Å². The lowest BCUT2D eigenvalue weighted by Gasteiger charge is -2.48. The summed E-state index contributed by atoms with van der Waals surface area (Å²) in [6, 6.07) is 1.85. The largest absolute Gasteiger partial charge is 0.378 e. The van der Waals surface area contributed by atoms with E-state index in [0.717, 1.165) is 18.2 Å². The van der Waals surface area contributed by atoms with Gasteiger partial charge in [0.25, 0.3) is 5.91 Å². The molecule has 0 radical (unpaired) electrons. The highest BCUT2D eigenvalue weighted by molar-refractivity contribution is 6.03. The Hall–Kier alpha value is -1.99. The monoisotopic (exact) mass is 330 g/mol. The number of aromatic nitrogens is 3. The van der Waals surface area contributed by atoms with Crippen molar-refractivity contribution in [2.45, 2.75) is 44.5 Å². The van der Waals surface area contributed by atoms with Crippen LogP contribution in [0, 0.1) is 0 Å². The van der Waals surface area contributed by atoms with E-state index in [1.807, 2.05) is 17.9 Å². The first kappa shape index (κ1) is 15.5. The van der Waals surface area contributed by atoms with Gasteiger partial charge in [0.2, 0.25) is 0 Å². The number of hydrogen-bond donors (Lipinski definition) is 1. The Morgan fingerprint density at radius 3 is 3.08 bits per heavy atom. The number of nitrogens with one attached hydrogen (secondary N) is 1. The molecule has 128 valence electrons. The second kappa shape index (κ2) is 5.82. The SMILES string of the molecule is CC1CC2(CCO1)CN(C(=O)c1ncnc3[nH]ccc13)CC(C)O2. The van der Waals surface area contributed by atoms with Crippen LogP contribution in [-0.2, 0) is 9.47 Å². The minimum Gasteiger partial charge on any atom is -0.378 e. The van der Waals surface area contributed by atoms with Crippen LogP contribution in [0.5, 0.6) is 0 Å². The fourth-order valence-electron chi connectivity index (χ4n) is 3.95. The molecule has 1 spiro atoms. The Labute approximate surface area is 140 Å². The normalized spacial score (nSPS) is 30.8. The number of carbonyl (C=O) groups is 1. The summed E-state index contributed by atoms with van der Waals surface area (Å²) in [5.41, 5.74) is 0.824. The molecular weight excluding hydrogens is 308 g/mol. The van der Waals surface area contributed by atoms with E-state index in [4.69, 9.17) is 9.47 Å². The number of H-pyrrole nitrogens is 1. The highest BCUT2D eigenvalue weighted by Crippen LogP contribution is 2.34. The van der Waals surface area contributed by atoms with Crippen LogP contribution in [0.15, 0.2) is 18.6 Å². The molecule has 2 aliphatic heterocycles. The smallest absolute Gasteiger partial charge is 0.273 e. The summed E-state index contributed by atoms with van der Waals surface area (Å²) in [4.78, 5) is 26.4. The van der Waals surface area contributed by atoms with Crippen molar-refractivity contribution in [2.75, 3.05) is 19.7 Å². The van der Waals surface area contributed by atoms with Crippen molar-refractivity contribution in [1.82, 2.24) is 19.9 Å². The van der Waals surface area contributed by atoms with E-state index >= 15 is 0 Å². The molecule has 2 saturated heterocycles. The van der Waals surface area contributed by atoms with Gasteiger partial charge in [0, 0.05) is 32.2 Å². The summed E-state index contributed by atoms with van der Waals surface area (Å²) < 4.78 is 11.9. The minimum atomic E-state index is -0.310. The zero-order valence-electron chi connectivity index (χ0n) is 14.0. The van der Waals surface area contributed by atoms with Gasteiger partial charge in [-0.3, -0.25) is 4.79 Å². The quantitative estimate of drug-likeness (QED) is 0.862. The average Bonchev–Trinajstić information content (AvgIpc) is 3.01. The number of nitrogens with zero attached hydrogens (tertiary/aromatic N) is 3. The number of fused-ring (bicyclic) bond motifs is 1.